The second kappa shape index (κ2) is 7.24. The molecule has 0 atom stereocenters. The van der Waals surface area contributed by atoms with Crippen LogP contribution in [0.4, 0.5) is 5.82 Å². The maximum atomic E-state index is 12.4. The predicted octanol–water partition coefficient (Wildman–Crippen LogP) is 3.29. The summed E-state index contributed by atoms with van der Waals surface area (Å²) in [5.74, 6) is 0.839. The summed E-state index contributed by atoms with van der Waals surface area (Å²) in [5.41, 5.74) is 0. The highest BCUT2D eigenvalue weighted by molar-refractivity contribution is 8.23. The molecule has 1 aliphatic carbocycles. The molecule has 108 valence electrons. The Labute approximate surface area is 132 Å². The van der Waals surface area contributed by atoms with Crippen molar-refractivity contribution in [3.63, 3.8) is 0 Å². The number of carbonyl (C=O) groups excluding carboxylic acids is 1. The Morgan fingerprint density at radius 1 is 1.60 bits per heavy atom. The van der Waals surface area contributed by atoms with E-state index in [1.807, 2.05) is 6.92 Å². The summed E-state index contributed by atoms with van der Waals surface area (Å²) in [6.07, 6.45) is 2.00. The van der Waals surface area contributed by atoms with Gasteiger partial charge in [0.25, 0.3) is 0 Å². The van der Waals surface area contributed by atoms with E-state index in [-0.39, 0.29) is 17.7 Å². The molecule has 0 bridgehead atoms. The number of rotatable bonds is 5. The average Bonchev–Trinajstić information content (AvgIpc) is 3.22. The van der Waals surface area contributed by atoms with Crippen molar-refractivity contribution in [3.8, 4) is 0 Å². The maximum Gasteiger partial charge on any atom is 0.238 e. The van der Waals surface area contributed by atoms with E-state index < -0.39 is 0 Å². The monoisotopic (exact) mass is 330 g/mol. The molecule has 2 rings (SSSR count). The predicted molar refractivity (Wildman–Crippen MR) is 86.4 cm³/mol. The van der Waals surface area contributed by atoms with Crippen LogP contribution < -0.4 is 4.90 Å². The Bertz CT molecular complexity index is 509. The third kappa shape index (κ3) is 4.33. The minimum Gasteiger partial charge on any atom is -0.479 e. The number of amides is 1. The van der Waals surface area contributed by atoms with Crippen molar-refractivity contribution in [2.24, 2.45) is 0 Å². The molecule has 1 fully saturated rings. The molecule has 20 heavy (non-hydrogen) atoms. The second-order valence-corrected chi connectivity index (χ2v) is 6.25. The Morgan fingerprint density at radius 2 is 2.35 bits per heavy atom. The first-order valence-corrected chi connectivity index (χ1v) is 8.13. The average molecular weight is 331 g/mol. The molecule has 0 saturated heterocycles. The molecule has 0 spiro atoms. The molecule has 0 aliphatic heterocycles. The molecule has 0 aromatic carbocycles. The van der Waals surface area contributed by atoms with Crippen molar-refractivity contribution in [2.45, 2.75) is 25.8 Å². The lowest BCUT2D eigenvalue weighted by Crippen LogP contribution is -2.35. The first kappa shape index (κ1) is 15.5. The normalized spacial score (nSPS) is 13.9. The van der Waals surface area contributed by atoms with Crippen LogP contribution in [0.15, 0.2) is 18.2 Å². The van der Waals surface area contributed by atoms with Crippen molar-refractivity contribution in [2.75, 3.05) is 17.3 Å². The van der Waals surface area contributed by atoms with Gasteiger partial charge in [0.15, 0.2) is 0 Å². The number of carbonyl (C=O) groups is 1. The number of halogens is 1. The van der Waals surface area contributed by atoms with Crippen molar-refractivity contribution in [1.29, 1.82) is 0 Å². The largest absolute Gasteiger partial charge is 0.479 e. The summed E-state index contributed by atoms with van der Waals surface area (Å²) in [4.78, 5) is 18.3. The molecule has 0 radical (unpaired) electrons. The van der Waals surface area contributed by atoms with E-state index in [0.29, 0.717) is 22.0 Å². The van der Waals surface area contributed by atoms with Gasteiger partial charge in [-0.2, -0.15) is 0 Å². The number of hydrogen-bond donors (Lipinski definition) is 0. The number of hydrogen-bond acceptors (Lipinski definition) is 5. The van der Waals surface area contributed by atoms with Gasteiger partial charge in [-0.25, -0.2) is 4.98 Å². The zero-order valence-electron chi connectivity index (χ0n) is 11.0. The van der Waals surface area contributed by atoms with Crippen LogP contribution in [-0.4, -0.2) is 33.7 Å². The zero-order chi connectivity index (χ0) is 14.5. The van der Waals surface area contributed by atoms with E-state index in [9.17, 15) is 4.79 Å². The summed E-state index contributed by atoms with van der Waals surface area (Å²) in [6, 6.07) is 5.52. The lowest BCUT2D eigenvalue weighted by Gasteiger charge is -2.21. The van der Waals surface area contributed by atoms with E-state index in [1.54, 1.807) is 23.1 Å². The SMILES string of the molecule is CCOC(=S)SCC(=O)N(c1cccc(Cl)n1)C1CC1. The molecular weight excluding hydrogens is 316 g/mol. The molecule has 4 nitrogen and oxygen atoms in total. The summed E-state index contributed by atoms with van der Waals surface area (Å²) in [7, 11) is 0. The quantitative estimate of drug-likeness (QED) is 0.612. The molecule has 1 aromatic rings. The van der Waals surface area contributed by atoms with Crippen LogP contribution in [-0.2, 0) is 9.53 Å². The summed E-state index contributed by atoms with van der Waals surface area (Å²) >= 11 is 12.1. The van der Waals surface area contributed by atoms with E-state index in [2.05, 4.69) is 4.98 Å². The van der Waals surface area contributed by atoms with E-state index in [1.165, 1.54) is 11.8 Å². The highest BCUT2D eigenvalue weighted by Gasteiger charge is 2.34. The van der Waals surface area contributed by atoms with Gasteiger partial charge in [0.2, 0.25) is 10.3 Å². The Balaban J connectivity index is 2.02. The smallest absolute Gasteiger partial charge is 0.238 e. The summed E-state index contributed by atoms with van der Waals surface area (Å²) < 4.78 is 5.56. The molecule has 0 unspecified atom stereocenters. The molecule has 1 aliphatic rings. The maximum absolute atomic E-state index is 12.4. The van der Waals surface area contributed by atoms with Crippen molar-refractivity contribution >= 4 is 51.7 Å². The summed E-state index contributed by atoms with van der Waals surface area (Å²) in [5, 5.41) is 0.387. The molecule has 1 amide bonds. The third-order valence-electron chi connectivity index (χ3n) is 2.70. The fourth-order valence-corrected chi connectivity index (χ4v) is 2.77. The van der Waals surface area contributed by atoms with E-state index in [4.69, 9.17) is 28.6 Å². The highest BCUT2D eigenvalue weighted by Crippen LogP contribution is 2.31. The molecule has 7 heteroatoms. The van der Waals surface area contributed by atoms with Gasteiger partial charge in [-0.15, -0.1) is 0 Å². The lowest BCUT2D eigenvalue weighted by atomic mass is 10.4. The van der Waals surface area contributed by atoms with Crippen molar-refractivity contribution in [1.82, 2.24) is 4.98 Å². The zero-order valence-corrected chi connectivity index (χ0v) is 13.4. The van der Waals surface area contributed by atoms with Crippen LogP contribution in [0.5, 0.6) is 0 Å². The van der Waals surface area contributed by atoms with Crippen molar-refractivity contribution < 1.29 is 9.53 Å². The van der Waals surface area contributed by atoms with Gasteiger partial charge < -0.3 is 4.74 Å². The number of thiocarbonyl (C=S) groups is 1. The van der Waals surface area contributed by atoms with Gasteiger partial charge in [0.05, 0.1) is 12.4 Å². The number of nitrogens with zero attached hydrogens (tertiary/aromatic N) is 2. The topological polar surface area (TPSA) is 42.4 Å². The molecule has 1 saturated carbocycles. The fraction of sp³-hybridized carbons (Fsp3) is 0.462. The van der Waals surface area contributed by atoms with Crippen LogP contribution >= 0.6 is 35.6 Å². The van der Waals surface area contributed by atoms with Crippen LogP contribution in [0.1, 0.15) is 19.8 Å². The van der Waals surface area contributed by atoms with Crippen molar-refractivity contribution in [3.05, 3.63) is 23.4 Å². The first-order valence-electron chi connectivity index (χ1n) is 6.36. The first-order chi connectivity index (χ1) is 9.61. The fourth-order valence-electron chi connectivity index (χ4n) is 1.73. The number of thioether (sulfide) groups is 1. The minimum atomic E-state index is -0.0191. The minimum absolute atomic E-state index is 0.0191. The molecule has 0 N–H and O–H groups in total. The van der Waals surface area contributed by atoms with Gasteiger partial charge >= 0.3 is 0 Å². The number of pyridine rings is 1. The number of anilines is 1. The van der Waals surface area contributed by atoms with E-state index in [0.717, 1.165) is 12.8 Å². The van der Waals surface area contributed by atoms with E-state index >= 15 is 0 Å². The van der Waals surface area contributed by atoms with Crippen LogP contribution in [0, 0.1) is 0 Å². The van der Waals surface area contributed by atoms with Crippen LogP contribution in [0.2, 0.25) is 5.15 Å². The number of aromatic nitrogens is 1. The van der Waals surface area contributed by atoms with Gasteiger partial charge in [-0.1, -0.05) is 29.4 Å². The summed E-state index contributed by atoms with van der Waals surface area (Å²) in [6.45, 7) is 2.38. The van der Waals surface area contributed by atoms with Gasteiger partial charge in [0.1, 0.15) is 11.0 Å². The van der Waals surface area contributed by atoms with Crippen LogP contribution in [0.25, 0.3) is 0 Å². The standard InChI is InChI=1S/C13H15ClN2O2S2/c1-2-18-13(19)20-8-12(17)16(9-6-7-9)11-5-3-4-10(14)15-11/h3-5,9H,2,6-8H2,1H3. The third-order valence-corrected chi connectivity index (χ3v) is 4.13. The second-order valence-electron chi connectivity index (χ2n) is 4.29. The lowest BCUT2D eigenvalue weighted by molar-refractivity contribution is -0.116. The Kier molecular flexibility index (Phi) is 5.63. The molecule has 1 aromatic heterocycles. The molecule has 1 heterocycles. The molecular formula is C13H15ClN2O2S2. The van der Waals surface area contributed by atoms with Gasteiger partial charge in [-0.05, 0) is 44.1 Å². The van der Waals surface area contributed by atoms with Gasteiger partial charge in [-0.3, -0.25) is 9.69 Å². The highest BCUT2D eigenvalue weighted by atomic mass is 35.5. The Hall–Kier alpha value is -0.850. The number of ether oxygens (including phenoxy) is 1. The van der Waals surface area contributed by atoms with Gasteiger partial charge in [0, 0.05) is 6.04 Å². The van der Waals surface area contributed by atoms with Crippen LogP contribution in [0.3, 0.4) is 0 Å². The Morgan fingerprint density at radius 3 is 2.95 bits per heavy atom.